The lowest BCUT2D eigenvalue weighted by atomic mass is 10.1. The Hall–Kier alpha value is -3.94. The van der Waals surface area contributed by atoms with Gasteiger partial charge in [-0.3, -0.25) is 14.5 Å². The Kier molecular flexibility index (Phi) is 9.04. The number of amides is 2. The monoisotopic (exact) mass is 525 g/mol. The zero-order chi connectivity index (χ0) is 26.9. The first-order chi connectivity index (χ1) is 19.2. The van der Waals surface area contributed by atoms with E-state index in [1.54, 1.807) is 16.1 Å². The van der Waals surface area contributed by atoms with Crippen molar-refractivity contribution >= 4 is 22.6 Å². The number of morpholine rings is 1. The molecule has 1 aromatic heterocycles. The first-order valence-electron chi connectivity index (χ1n) is 13.6. The van der Waals surface area contributed by atoms with Crippen molar-refractivity contribution in [1.82, 2.24) is 14.7 Å². The molecule has 1 fully saturated rings. The van der Waals surface area contributed by atoms with E-state index in [2.05, 4.69) is 4.90 Å². The molecule has 1 aliphatic rings. The second-order valence-electron chi connectivity index (χ2n) is 9.91. The van der Waals surface area contributed by atoms with Crippen molar-refractivity contribution in [3.8, 4) is 0 Å². The van der Waals surface area contributed by atoms with Crippen molar-refractivity contribution < 1.29 is 18.7 Å². The van der Waals surface area contributed by atoms with Gasteiger partial charge in [-0.15, -0.1) is 0 Å². The summed E-state index contributed by atoms with van der Waals surface area (Å²) in [5.74, 6) is 0.462. The Morgan fingerprint density at radius 2 is 1.56 bits per heavy atom. The van der Waals surface area contributed by atoms with Crippen LogP contribution in [0.1, 0.15) is 28.1 Å². The summed E-state index contributed by atoms with van der Waals surface area (Å²) < 4.78 is 11.0. The molecule has 5 rings (SSSR count). The third kappa shape index (κ3) is 7.34. The molecular weight excluding hydrogens is 490 g/mol. The van der Waals surface area contributed by atoms with Crippen LogP contribution in [0, 0.1) is 0 Å². The maximum Gasteiger partial charge on any atom is 0.254 e. The predicted octanol–water partition coefficient (Wildman–Crippen LogP) is 4.83. The highest BCUT2D eigenvalue weighted by Gasteiger charge is 2.24. The molecule has 0 atom stereocenters. The second-order valence-corrected chi connectivity index (χ2v) is 9.91. The summed E-state index contributed by atoms with van der Waals surface area (Å²) in [5.41, 5.74) is 1.62. The number of nitrogens with zero attached hydrogens (tertiary/aromatic N) is 3. The fourth-order valence-corrected chi connectivity index (χ4v) is 4.96. The average molecular weight is 526 g/mol. The minimum atomic E-state index is -0.131. The molecular formula is C32H35N3O4. The van der Waals surface area contributed by atoms with Crippen molar-refractivity contribution in [2.75, 3.05) is 45.9 Å². The number of hydrogen-bond acceptors (Lipinski definition) is 5. The maximum atomic E-state index is 13.8. The van der Waals surface area contributed by atoms with Crippen LogP contribution in [0.25, 0.3) is 10.8 Å². The van der Waals surface area contributed by atoms with Gasteiger partial charge >= 0.3 is 0 Å². The Morgan fingerprint density at radius 1 is 0.795 bits per heavy atom. The van der Waals surface area contributed by atoms with Crippen LogP contribution in [0.3, 0.4) is 0 Å². The summed E-state index contributed by atoms with van der Waals surface area (Å²) in [6.45, 7) is 5.39. The van der Waals surface area contributed by atoms with E-state index in [-0.39, 0.29) is 18.4 Å². The molecule has 0 N–H and O–H groups in total. The zero-order valence-corrected chi connectivity index (χ0v) is 22.2. The standard InChI is InChI=1S/C32H35N3O4/c36-31(35(24-30-12-6-19-39-30)23-26-8-2-1-3-9-26)25-34(16-7-15-33-17-20-38-21-18-33)32(37)29-14-13-27-10-4-5-11-28(27)22-29/h1-6,8-14,19,22H,7,15-18,20-21,23-25H2. The van der Waals surface area contributed by atoms with Gasteiger partial charge in [0.1, 0.15) is 12.3 Å². The molecule has 1 saturated heterocycles. The molecule has 2 amide bonds. The molecule has 0 spiro atoms. The number of benzene rings is 3. The van der Waals surface area contributed by atoms with Gasteiger partial charge in [0.15, 0.2) is 0 Å². The molecule has 3 aromatic carbocycles. The summed E-state index contributed by atoms with van der Waals surface area (Å²) in [6, 6.07) is 27.3. The molecule has 202 valence electrons. The number of rotatable bonds is 11. The minimum Gasteiger partial charge on any atom is -0.467 e. The molecule has 4 aromatic rings. The highest BCUT2D eigenvalue weighted by Crippen LogP contribution is 2.18. The summed E-state index contributed by atoms with van der Waals surface area (Å²) in [6.07, 6.45) is 2.39. The third-order valence-corrected chi connectivity index (χ3v) is 7.11. The Balaban J connectivity index is 1.34. The van der Waals surface area contributed by atoms with Crippen LogP contribution < -0.4 is 0 Å². The van der Waals surface area contributed by atoms with Gasteiger partial charge in [0, 0.05) is 38.3 Å². The van der Waals surface area contributed by atoms with Crippen LogP contribution in [0.2, 0.25) is 0 Å². The van der Waals surface area contributed by atoms with E-state index >= 15 is 0 Å². The molecule has 0 radical (unpaired) electrons. The van der Waals surface area contributed by atoms with Crippen LogP contribution in [-0.4, -0.2) is 72.5 Å². The fourth-order valence-electron chi connectivity index (χ4n) is 4.96. The van der Waals surface area contributed by atoms with Crippen LogP contribution in [-0.2, 0) is 22.6 Å². The van der Waals surface area contributed by atoms with Gasteiger partial charge in [-0.25, -0.2) is 0 Å². The number of furan rings is 1. The number of hydrogen-bond donors (Lipinski definition) is 0. The van der Waals surface area contributed by atoms with E-state index in [1.165, 1.54) is 0 Å². The summed E-state index contributed by atoms with van der Waals surface area (Å²) >= 11 is 0. The molecule has 0 unspecified atom stereocenters. The quantitative estimate of drug-likeness (QED) is 0.281. The molecule has 1 aliphatic heterocycles. The smallest absolute Gasteiger partial charge is 0.254 e. The molecule has 7 nitrogen and oxygen atoms in total. The first-order valence-corrected chi connectivity index (χ1v) is 13.6. The third-order valence-electron chi connectivity index (χ3n) is 7.11. The SMILES string of the molecule is O=C(CN(CCCN1CCOCC1)C(=O)c1ccc2ccccc2c1)N(Cc1ccccc1)Cc1ccco1. The van der Waals surface area contributed by atoms with Gasteiger partial charge in [0.05, 0.1) is 26.0 Å². The number of carbonyl (C=O) groups excluding carboxylic acids is 2. The van der Waals surface area contributed by atoms with E-state index in [4.69, 9.17) is 9.15 Å². The van der Waals surface area contributed by atoms with E-state index in [1.807, 2.05) is 84.9 Å². The topological polar surface area (TPSA) is 66.2 Å². The van der Waals surface area contributed by atoms with Crippen molar-refractivity contribution in [1.29, 1.82) is 0 Å². The summed E-state index contributed by atoms with van der Waals surface area (Å²) in [5, 5.41) is 2.09. The summed E-state index contributed by atoms with van der Waals surface area (Å²) in [4.78, 5) is 33.4. The Morgan fingerprint density at radius 3 is 2.33 bits per heavy atom. The van der Waals surface area contributed by atoms with Gasteiger partial charge in [-0.05, 0) is 47.0 Å². The van der Waals surface area contributed by atoms with Crippen LogP contribution in [0.5, 0.6) is 0 Å². The fraction of sp³-hybridized carbons (Fsp3) is 0.312. The Labute approximate surface area is 229 Å². The van der Waals surface area contributed by atoms with E-state index in [0.29, 0.717) is 31.0 Å². The lowest BCUT2D eigenvalue weighted by molar-refractivity contribution is -0.133. The number of fused-ring (bicyclic) bond motifs is 1. The number of carbonyl (C=O) groups is 2. The minimum absolute atomic E-state index is 0.00230. The van der Waals surface area contributed by atoms with E-state index in [9.17, 15) is 9.59 Å². The normalized spacial score (nSPS) is 13.8. The second kappa shape index (κ2) is 13.2. The molecule has 39 heavy (non-hydrogen) atoms. The van der Waals surface area contributed by atoms with Gasteiger partial charge in [-0.1, -0.05) is 60.7 Å². The molecule has 7 heteroatoms. The van der Waals surface area contributed by atoms with Crippen LogP contribution in [0.15, 0.2) is 95.6 Å². The van der Waals surface area contributed by atoms with Crippen molar-refractivity contribution in [3.63, 3.8) is 0 Å². The van der Waals surface area contributed by atoms with E-state index in [0.717, 1.165) is 55.6 Å². The van der Waals surface area contributed by atoms with Crippen LogP contribution in [0.4, 0.5) is 0 Å². The van der Waals surface area contributed by atoms with Crippen molar-refractivity contribution in [2.45, 2.75) is 19.5 Å². The maximum absolute atomic E-state index is 13.8. The lowest BCUT2D eigenvalue weighted by Crippen LogP contribution is -2.44. The van der Waals surface area contributed by atoms with Crippen molar-refractivity contribution in [2.24, 2.45) is 0 Å². The highest BCUT2D eigenvalue weighted by atomic mass is 16.5. The molecule has 0 aliphatic carbocycles. The van der Waals surface area contributed by atoms with Crippen LogP contribution >= 0.6 is 0 Å². The summed E-state index contributed by atoms with van der Waals surface area (Å²) in [7, 11) is 0. The Bertz CT molecular complexity index is 1350. The zero-order valence-electron chi connectivity index (χ0n) is 22.2. The molecule has 0 saturated carbocycles. The molecule has 2 heterocycles. The van der Waals surface area contributed by atoms with Gasteiger partial charge in [0.25, 0.3) is 5.91 Å². The average Bonchev–Trinajstić information content (AvgIpc) is 3.50. The van der Waals surface area contributed by atoms with E-state index < -0.39 is 0 Å². The largest absolute Gasteiger partial charge is 0.467 e. The van der Waals surface area contributed by atoms with Gasteiger partial charge < -0.3 is 19.0 Å². The lowest BCUT2D eigenvalue weighted by Gasteiger charge is -2.30. The van der Waals surface area contributed by atoms with Gasteiger partial charge in [0.2, 0.25) is 5.91 Å². The van der Waals surface area contributed by atoms with Crippen molar-refractivity contribution in [3.05, 3.63) is 108 Å². The predicted molar refractivity (Wildman–Crippen MR) is 151 cm³/mol. The number of ether oxygens (including phenoxy) is 1. The van der Waals surface area contributed by atoms with Gasteiger partial charge in [-0.2, -0.15) is 0 Å². The molecule has 0 bridgehead atoms. The highest BCUT2D eigenvalue weighted by molar-refractivity contribution is 6.00. The first kappa shape index (κ1) is 26.7.